The van der Waals surface area contributed by atoms with Crippen LogP contribution in [0.4, 0.5) is 0 Å². The van der Waals surface area contributed by atoms with Gasteiger partial charge in [0.25, 0.3) is 5.91 Å². The zero-order valence-electron chi connectivity index (χ0n) is 18.0. The van der Waals surface area contributed by atoms with E-state index in [1.165, 1.54) is 7.11 Å². The molecule has 0 unspecified atom stereocenters. The predicted octanol–water partition coefficient (Wildman–Crippen LogP) is 3.75. The van der Waals surface area contributed by atoms with Gasteiger partial charge in [-0.3, -0.25) is 9.59 Å². The van der Waals surface area contributed by atoms with Gasteiger partial charge in [0.2, 0.25) is 5.91 Å². The smallest absolute Gasteiger partial charge is 0.258 e. The summed E-state index contributed by atoms with van der Waals surface area (Å²) in [5, 5.41) is 5.81. The molecule has 32 heavy (non-hydrogen) atoms. The highest BCUT2D eigenvalue weighted by Crippen LogP contribution is 2.29. The summed E-state index contributed by atoms with van der Waals surface area (Å²) in [6.45, 7) is 0.855. The molecule has 1 aromatic heterocycles. The molecule has 0 bridgehead atoms. The summed E-state index contributed by atoms with van der Waals surface area (Å²) in [4.78, 5) is 32.3. The second-order valence-corrected chi connectivity index (χ2v) is 8.31. The van der Waals surface area contributed by atoms with Crippen LogP contribution in [0.25, 0.3) is 10.6 Å². The van der Waals surface area contributed by atoms with E-state index in [4.69, 9.17) is 9.47 Å². The quantitative estimate of drug-likeness (QED) is 0.592. The van der Waals surface area contributed by atoms with E-state index in [0.717, 1.165) is 22.7 Å². The maximum absolute atomic E-state index is 13.2. The van der Waals surface area contributed by atoms with Crippen LogP contribution in [0.2, 0.25) is 0 Å². The van der Waals surface area contributed by atoms with Crippen molar-refractivity contribution in [3.63, 3.8) is 0 Å². The third-order valence-corrected chi connectivity index (χ3v) is 6.41. The van der Waals surface area contributed by atoms with Crippen molar-refractivity contribution in [2.24, 2.45) is 0 Å². The Hall–Kier alpha value is -3.39. The van der Waals surface area contributed by atoms with Crippen molar-refractivity contribution in [1.29, 1.82) is 0 Å². The van der Waals surface area contributed by atoms with E-state index in [1.54, 1.807) is 41.5 Å². The second-order valence-electron chi connectivity index (χ2n) is 7.45. The van der Waals surface area contributed by atoms with Crippen molar-refractivity contribution in [2.45, 2.75) is 25.4 Å². The Balaban J connectivity index is 1.42. The maximum atomic E-state index is 13.2. The molecule has 1 aliphatic rings. The van der Waals surface area contributed by atoms with Gasteiger partial charge in [-0.05, 0) is 25.0 Å². The van der Waals surface area contributed by atoms with E-state index in [2.05, 4.69) is 10.3 Å². The molecule has 8 heteroatoms. The Labute approximate surface area is 191 Å². The van der Waals surface area contributed by atoms with Crippen molar-refractivity contribution in [1.82, 2.24) is 15.2 Å². The van der Waals surface area contributed by atoms with Crippen LogP contribution in [0.1, 0.15) is 28.9 Å². The molecule has 166 valence electrons. The fraction of sp³-hybridized carbons (Fsp3) is 0.292. The lowest BCUT2D eigenvalue weighted by Crippen LogP contribution is -2.45. The number of hydrogen-bond donors (Lipinski definition) is 1. The van der Waals surface area contributed by atoms with Crippen molar-refractivity contribution < 1.29 is 19.1 Å². The minimum absolute atomic E-state index is 0.169. The zero-order chi connectivity index (χ0) is 22.5. The van der Waals surface area contributed by atoms with Gasteiger partial charge in [-0.2, -0.15) is 0 Å². The van der Waals surface area contributed by atoms with E-state index < -0.39 is 6.04 Å². The number of methoxy groups -OCH3 is 2. The van der Waals surface area contributed by atoms with Gasteiger partial charge in [0, 0.05) is 23.6 Å². The number of likely N-dealkylation sites (tertiary alicyclic amines) is 1. The topological polar surface area (TPSA) is 80.8 Å². The Morgan fingerprint density at radius 3 is 2.72 bits per heavy atom. The van der Waals surface area contributed by atoms with Crippen LogP contribution in [-0.2, 0) is 11.3 Å². The van der Waals surface area contributed by atoms with Gasteiger partial charge < -0.3 is 19.7 Å². The number of ether oxygens (including phenoxy) is 2. The van der Waals surface area contributed by atoms with Crippen LogP contribution in [-0.4, -0.2) is 48.5 Å². The Morgan fingerprint density at radius 1 is 1.16 bits per heavy atom. The summed E-state index contributed by atoms with van der Waals surface area (Å²) >= 11 is 1.55. The maximum Gasteiger partial charge on any atom is 0.258 e. The number of hydrogen-bond acceptors (Lipinski definition) is 6. The summed E-state index contributed by atoms with van der Waals surface area (Å²) in [6, 6.07) is 14.5. The van der Waals surface area contributed by atoms with Crippen LogP contribution < -0.4 is 14.8 Å². The van der Waals surface area contributed by atoms with E-state index in [0.29, 0.717) is 36.6 Å². The molecular formula is C24H25N3O4S. The van der Waals surface area contributed by atoms with Crippen LogP contribution in [0.15, 0.2) is 53.9 Å². The van der Waals surface area contributed by atoms with Crippen molar-refractivity contribution in [3.8, 4) is 22.1 Å². The van der Waals surface area contributed by atoms with Crippen molar-refractivity contribution in [2.75, 3.05) is 20.8 Å². The first-order valence-electron chi connectivity index (χ1n) is 10.4. The number of amides is 2. The summed E-state index contributed by atoms with van der Waals surface area (Å²) in [7, 11) is 3.07. The van der Waals surface area contributed by atoms with Gasteiger partial charge in [-0.25, -0.2) is 4.98 Å². The highest BCUT2D eigenvalue weighted by molar-refractivity contribution is 7.13. The fourth-order valence-electron chi connectivity index (χ4n) is 3.81. The number of carbonyl (C=O) groups is 2. The molecule has 2 aromatic carbocycles. The molecule has 4 rings (SSSR count). The second kappa shape index (κ2) is 9.82. The Morgan fingerprint density at radius 2 is 1.97 bits per heavy atom. The molecule has 0 aliphatic carbocycles. The molecule has 3 aromatic rings. The molecule has 0 radical (unpaired) electrons. The summed E-state index contributed by atoms with van der Waals surface area (Å²) in [6.07, 6.45) is 1.40. The number of thiazole rings is 1. The van der Waals surface area contributed by atoms with Crippen LogP contribution in [0.5, 0.6) is 11.5 Å². The number of nitrogens with zero attached hydrogens (tertiary/aromatic N) is 2. The molecule has 1 saturated heterocycles. The monoisotopic (exact) mass is 451 g/mol. The highest BCUT2D eigenvalue weighted by Gasteiger charge is 2.35. The van der Waals surface area contributed by atoms with Crippen molar-refractivity contribution >= 4 is 23.2 Å². The number of benzene rings is 2. The fourth-order valence-corrected chi connectivity index (χ4v) is 4.64. The normalized spacial score (nSPS) is 15.4. The number of aromatic nitrogens is 1. The van der Waals surface area contributed by atoms with Crippen molar-refractivity contribution in [3.05, 3.63) is 65.2 Å². The van der Waals surface area contributed by atoms with Gasteiger partial charge in [0.1, 0.15) is 22.5 Å². The third-order valence-electron chi connectivity index (χ3n) is 5.47. The predicted molar refractivity (Wildman–Crippen MR) is 123 cm³/mol. The molecule has 1 fully saturated rings. The van der Waals surface area contributed by atoms with Crippen LogP contribution in [0, 0.1) is 0 Å². The lowest BCUT2D eigenvalue weighted by molar-refractivity contribution is -0.125. The summed E-state index contributed by atoms with van der Waals surface area (Å²) < 4.78 is 10.6. The Kier molecular flexibility index (Phi) is 6.70. The van der Waals surface area contributed by atoms with Crippen LogP contribution in [0.3, 0.4) is 0 Å². The third kappa shape index (κ3) is 4.60. The molecule has 2 amide bonds. The standard InChI is InChI=1S/C24H25N3O4S/c1-30-18-10-11-19(21(13-18)31-2)24(29)27-12-6-9-20(27)22(28)25-14-17-15-32-23(26-17)16-7-4-3-5-8-16/h3-5,7-8,10-11,13,15,20H,6,9,12,14H2,1-2H3,(H,25,28)/t20-/m1/s1. The number of rotatable bonds is 7. The number of carbonyl (C=O) groups excluding carboxylic acids is 2. The highest BCUT2D eigenvalue weighted by atomic mass is 32.1. The van der Waals surface area contributed by atoms with E-state index in [9.17, 15) is 9.59 Å². The van der Waals surface area contributed by atoms with E-state index in [1.807, 2.05) is 35.7 Å². The molecule has 0 saturated carbocycles. The first-order chi connectivity index (χ1) is 15.6. The van der Waals surface area contributed by atoms with E-state index >= 15 is 0 Å². The molecule has 1 aliphatic heterocycles. The van der Waals surface area contributed by atoms with Gasteiger partial charge in [-0.1, -0.05) is 30.3 Å². The molecule has 2 heterocycles. The molecule has 0 spiro atoms. The molecular weight excluding hydrogens is 426 g/mol. The largest absolute Gasteiger partial charge is 0.497 e. The van der Waals surface area contributed by atoms with E-state index in [-0.39, 0.29) is 11.8 Å². The summed E-state index contributed by atoms with van der Waals surface area (Å²) in [5.41, 5.74) is 2.27. The average Bonchev–Trinajstić information content (AvgIpc) is 3.52. The first-order valence-corrected chi connectivity index (χ1v) is 11.3. The van der Waals surface area contributed by atoms with Gasteiger partial charge >= 0.3 is 0 Å². The average molecular weight is 452 g/mol. The first kappa shape index (κ1) is 21.8. The molecule has 1 N–H and O–H groups in total. The van der Waals surface area contributed by atoms with Gasteiger partial charge in [0.05, 0.1) is 32.0 Å². The van der Waals surface area contributed by atoms with Gasteiger partial charge in [0.15, 0.2) is 0 Å². The lowest BCUT2D eigenvalue weighted by atomic mass is 10.1. The number of nitrogens with one attached hydrogen (secondary N) is 1. The minimum atomic E-state index is -0.512. The zero-order valence-corrected chi connectivity index (χ0v) is 18.9. The summed E-state index contributed by atoms with van der Waals surface area (Å²) in [5.74, 6) is 0.642. The minimum Gasteiger partial charge on any atom is -0.497 e. The van der Waals surface area contributed by atoms with Crippen LogP contribution >= 0.6 is 11.3 Å². The Bertz CT molecular complexity index is 1100. The van der Waals surface area contributed by atoms with Gasteiger partial charge in [-0.15, -0.1) is 11.3 Å². The molecule has 1 atom stereocenters. The SMILES string of the molecule is COc1ccc(C(=O)N2CCC[C@@H]2C(=O)NCc2csc(-c3ccccc3)n2)c(OC)c1. The molecule has 7 nitrogen and oxygen atoms in total. The lowest BCUT2D eigenvalue weighted by Gasteiger charge is -2.24.